The van der Waals surface area contributed by atoms with Crippen LogP contribution in [0.25, 0.3) is 0 Å². The molecule has 4 aliphatic carbocycles. The van der Waals surface area contributed by atoms with E-state index >= 15 is 0 Å². The van der Waals surface area contributed by atoms with E-state index in [1.807, 2.05) is 0 Å². The van der Waals surface area contributed by atoms with Crippen molar-refractivity contribution in [2.75, 3.05) is 0 Å². The van der Waals surface area contributed by atoms with Gasteiger partial charge < -0.3 is 8.85 Å². The van der Waals surface area contributed by atoms with Crippen LogP contribution in [0.2, 0.25) is 36.3 Å². The topological polar surface area (TPSA) is 35.5 Å². The van der Waals surface area contributed by atoms with Gasteiger partial charge in [0.2, 0.25) is 0 Å². The molecule has 0 heterocycles. The summed E-state index contributed by atoms with van der Waals surface area (Å²) in [6.45, 7) is 27.5. The summed E-state index contributed by atoms with van der Waals surface area (Å²) in [6, 6.07) is 0. The van der Waals surface area contributed by atoms with E-state index in [4.69, 9.17) is 8.85 Å². The Bertz CT molecular complexity index is 1020. The monoisotopic (exact) mass is 542 g/mol. The molecule has 0 amide bonds. The summed E-state index contributed by atoms with van der Waals surface area (Å²) in [7, 11) is -3.84. The van der Waals surface area contributed by atoms with Gasteiger partial charge in [-0.15, -0.1) is 0 Å². The summed E-state index contributed by atoms with van der Waals surface area (Å²) in [5.41, 5.74) is 2.47. The standard InChI is InChI=1S/C32H54O3Si2/c1-21(33)25-20-26-22(19-28(25)34-36(9,10)30(2,3)4)13-14-24-23(26)17-18-32(8)27(24)15-16-29(32)35-37(11,12)31(5,6)7/h13,19-20,23-24,26-27,29H,14-18H2,1-12H3/t23-,24+,26-,27-,29-,32-/m0/s1. The first kappa shape index (κ1) is 29.1. The SMILES string of the molecule is CC(=O)C1=C[C@H]2C(=CC[C@@H]3[C@@H]2CC[C@]2(C)[C@@H](O[Si](C)(C)C(C)(C)C)CC[C@@H]32)C=C1O[Si](C)(C)C(C)(C)C. The number of carbonyl (C=O) groups excluding carboxylic acids is 1. The van der Waals surface area contributed by atoms with Gasteiger partial charge in [0.15, 0.2) is 14.1 Å². The van der Waals surface area contributed by atoms with Crippen LogP contribution in [0.15, 0.2) is 35.1 Å². The second-order valence-corrected chi connectivity index (χ2v) is 25.4. The second kappa shape index (κ2) is 9.33. The smallest absolute Gasteiger partial charge is 0.250 e. The van der Waals surface area contributed by atoms with E-state index in [-0.39, 0.29) is 21.3 Å². The molecule has 0 aromatic heterocycles. The van der Waals surface area contributed by atoms with Gasteiger partial charge in [-0.1, -0.05) is 60.6 Å². The van der Waals surface area contributed by atoms with Gasteiger partial charge in [-0.3, -0.25) is 4.79 Å². The van der Waals surface area contributed by atoms with Crippen LogP contribution >= 0.6 is 0 Å². The number of Topliss-reactive ketones (excluding diaryl/α,β-unsaturated/α-hetero) is 1. The van der Waals surface area contributed by atoms with Gasteiger partial charge >= 0.3 is 0 Å². The van der Waals surface area contributed by atoms with Crippen molar-refractivity contribution in [2.45, 2.75) is 130 Å². The highest BCUT2D eigenvalue weighted by atomic mass is 28.4. The largest absolute Gasteiger partial charge is 0.543 e. The lowest BCUT2D eigenvalue weighted by atomic mass is 9.53. The van der Waals surface area contributed by atoms with Crippen LogP contribution in [0.3, 0.4) is 0 Å². The van der Waals surface area contributed by atoms with Gasteiger partial charge in [-0.25, -0.2) is 0 Å². The molecule has 4 aliphatic rings. The predicted octanol–water partition coefficient (Wildman–Crippen LogP) is 9.20. The average Bonchev–Trinajstić information content (AvgIpc) is 3.06. The Morgan fingerprint density at radius 1 is 0.946 bits per heavy atom. The summed E-state index contributed by atoms with van der Waals surface area (Å²) in [5.74, 6) is 3.31. The fourth-order valence-electron chi connectivity index (χ4n) is 7.10. The predicted molar refractivity (Wildman–Crippen MR) is 160 cm³/mol. The zero-order chi connectivity index (χ0) is 27.8. The molecule has 0 bridgehead atoms. The average molecular weight is 543 g/mol. The van der Waals surface area contributed by atoms with Crippen LogP contribution in [0.5, 0.6) is 0 Å². The van der Waals surface area contributed by atoms with Crippen molar-refractivity contribution >= 4 is 22.4 Å². The fourth-order valence-corrected chi connectivity index (χ4v) is 9.58. The molecule has 0 aromatic carbocycles. The third kappa shape index (κ3) is 5.06. The highest BCUT2D eigenvalue weighted by molar-refractivity contribution is 6.74. The van der Waals surface area contributed by atoms with Crippen molar-refractivity contribution in [1.29, 1.82) is 0 Å². The number of hydrogen-bond donors (Lipinski definition) is 0. The molecule has 37 heavy (non-hydrogen) atoms. The Labute approximate surface area is 229 Å². The van der Waals surface area contributed by atoms with Crippen molar-refractivity contribution in [2.24, 2.45) is 29.1 Å². The van der Waals surface area contributed by atoms with E-state index < -0.39 is 16.6 Å². The Balaban J connectivity index is 1.60. The molecule has 0 N–H and O–H groups in total. The number of carbonyl (C=O) groups is 1. The van der Waals surface area contributed by atoms with Gasteiger partial charge in [-0.05, 0) is 110 Å². The van der Waals surface area contributed by atoms with Crippen molar-refractivity contribution < 1.29 is 13.6 Å². The lowest BCUT2D eigenvalue weighted by Crippen LogP contribution is -2.51. The Morgan fingerprint density at radius 3 is 2.14 bits per heavy atom. The Hall–Kier alpha value is -0.916. The van der Waals surface area contributed by atoms with E-state index in [1.54, 1.807) is 6.92 Å². The van der Waals surface area contributed by atoms with Crippen molar-refractivity contribution in [3.8, 4) is 0 Å². The number of hydrogen-bond acceptors (Lipinski definition) is 3. The molecule has 0 unspecified atom stereocenters. The molecule has 5 heteroatoms. The number of allylic oxidation sites excluding steroid dienone is 5. The molecule has 0 saturated heterocycles. The number of rotatable bonds is 5. The fraction of sp³-hybridized carbons (Fsp3) is 0.781. The maximum Gasteiger partial charge on any atom is 0.250 e. The quantitative estimate of drug-likeness (QED) is 0.325. The summed E-state index contributed by atoms with van der Waals surface area (Å²) in [5, 5.41) is 0.339. The third-order valence-electron chi connectivity index (χ3n) is 11.6. The highest BCUT2D eigenvalue weighted by Gasteiger charge is 2.57. The highest BCUT2D eigenvalue weighted by Crippen LogP contribution is 2.62. The van der Waals surface area contributed by atoms with Gasteiger partial charge in [0, 0.05) is 5.92 Å². The lowest BCUT2D eigenvalue weighted by molar-refractivity contribution is -0.113. The van der Waals surface area contributed by atoms with E-state index in [0.29, 0.717) is 29.8 Å². The molecule has 4 rings (SSSR count). The Kier molecular flexibility index (Phi) is 7.33. The minimum Gasteiger partial charge on any atom is -0.543 e. The zero-order valence-corrected chi connectivity index (χ0v) is 27.9. The first-order valence-electron chi connectivity index (χ1n) is 14.8. The summed E-state index contributed by atoms with van der Waals surface area (Å²) < 4.78 is 13.8. The second-order valence-electron chi connectivity index (χ2n) is 15.9. The zero-order valence-electron chi connectivity index (χ0n) is 25.9. The van der Waals surface area contributed by atoms with Crippen molar-refractivity contribution in [1.82, 2.24) is 0 Å². The summed E-state index contributed by atoms with van der Waals surface area (Å²) in [6.07, 6.45) is 13.5. The first-order valence-corrected chi connectivity index (χ1v) is 20.6. The van der Waals surface area contributed by atoms with E-state index in [9.17, 15) is 4.79 Å². The molecule has 0 spiro atoms. The van der Waals surface area contributed by atoms with Gasteiger partial charge in [-0.2, -0.15) is 0 Å². The molecule has 0 aromatic rings. The van der Waals surface area contributed by atoms with Gasteiger partial charge in [0.05, 0.1) is 11.7 Å². The molecule has 2 fully saturated rings. The molecule has 2 saturated carbocycles. The van der Waals surface area contributed by atoms with Crippen LogP contribution in [0, 0.1) is 29.1 Å². The molecular weight excluding hydrogens is 489 g/mol. The van der Waals surface area contributed by atoms with Crippen LogP contribution in [-0.2, 0) is 13.6 Å². The maximum atomic E-state index is 12.9. The van der Waals surface area contributed by atoms with Crippen LogP contribution in [-0.4, -0.2) is 28.5 Å². The van der Waals surface area contributed by atoms with Crippen LogP contribution in [0.1, 0.15) is 87.5 Å². The van der Waals surface area contributed by atoms with E-state index in [2.05, 4.69) is 92.9 Å². The van der Waals surface area contributed by atoms with E-state index in [1.165, 1.54) is 31.3 Å². The number of ketones is 1. The van der Waals surface area contributed by atoms with Crippen molar-refractivity contribution in [3.63, 3.8) is 0 Å². The summed E-state index contributed by atoms with van der Waals surface area (Å²) in [4.78, 5) is 12.9. The molecule has 6 atom stereocenters. The molecule has 3 nitrogen and oxygen atoms in total. The van der Waals surface area contributed by atoms with Crippen LogP contribution in [0.4, 0.5) is 0 Å². The molecule has 0 aliphatic heterocycles. The molecule has 0 radical (unpaired) electrons. The number of fused-ring (bicyclic) bond motifs is 5. The minimum atomic E-state index is -2.04. The van der Waals surface area contributed by atoms with Crippen molar-refractivity contribution in [3.05, 3.63) is 35.1 Å². The van der Waals surface area contributed by atoms with Gasteiger partial charge in [0.1, 0.15) is 5.76 Å². The van der Waals surface area contributed by atoms with E-state index in [0.717, 1.165) is 17.8 Å². The minimum absolute atomic E-state index is 0.0952. The van der Waals surface area contributed by atoms with Crippen LogP contribution < -0.4 is 0 Å². The third-order valence-corrected chi connectivity index (χ3v) is 20.4. The molecular formula is C32H54O3Si2. The first-order chi connectivity index (χ1) is 16.8. The normalized spacial score (nSPS) is 34.5. The molecule has 208 valence electrons. The summed E-state index contributed by atoms with van der Waals surface area (Å²) >= 11 is 0. The Morgan fingerprint density at radius 2 is 1.57 bits per heavy atom. The maximum absolute atomic E-state index is 12.9. The van der Waals surface area contributed by atoms with Gasteiger partial charge in [0.25, 0.3) is 8.32 Å². The lowest BCUT2D eigenvalue weighted by Gasteiger charge is -2.53.